The fourth-order valence-electron chi connectivity index (χ4n) is 1.72. The van der Waals surface area contributed by atoms with Crippen LogP contribution in [0.15, 0.2) is 42.7 Å². The maximum absolute atomic E-state index is 11.1. The third-order valence-corrected chi connectivity index (χ3v) is 2.65. The Balaban J connectivity index is 1.64. The highest BCUT2D eigenvalue weighted by Gasteiger charge is 2.15. The van der Waals surface area contributed by atoms with Crippen molar-refractivity contribution in [3.63, 3.8) is 0 Å². The van der Waals surface area contributed by atoms with Crippen molar-refractivity contribution in [2.24, 2.45) is 0 Å². The third-order valence-electron chi connectivity index (χ3n) is 2.65. The number of carbonyl (C=O) groups excluding carboxylic acids is 1. The Labute approximate surface area is 101 Å². The molecule has 90 valence electrons. The summed E-state index contributed by atoms with van der Waals surface area (Å²) in [6.45, 7) is 1.22. The van der Waals surface area contributed by atoms with Crippen LogP contribution in [0.2, 0.25) is 0 Å². The Kier molecular flexibility index (Phi) is 4.33. The molecule has 1 aliphatic heterocycles. The summed E-state index contributed by atoms with van der Waals surface area (Å²) < 4.78 is 10.9. The largest absolute Gasteiger partial charge is 0.497 e. The number of benzene rings is 1. The van der Waals surface area contributed by atoms with E-state index in [1.807, 2.05) is 30.3 Å². The first-order chi connectivity index (χ1) is 8.34. The van der Waals surface area contributed by atoms with Crippen LogP contribution in [0.5, 0.6) is 0 Å². The Bertz CT molecular complexity index is 384. The first-order valence-electron chi connectivity index (χ1n) is 5.81. The van der Waals surface area contributed by atoms with Crippen LogP contribution >= 0.6 is 0 Å². The molecule has 0 aliphatic carbocycles. The molecule has 0 aromatic heterocycles. The quantitative estimate of drug-likeness (QED) is 0.731. The second kappa shape index (κ2) is 6.21. The van der Waals surface area contributed by atoms with E-state index in [0.717, 1.165) is 12.0 Å². The average Bonchev–Trinajstić information content (AvgIpc) is 2.36. The number of ether oxygens (including phenoxy) is 2. The first kappa shape index (κ1) is 11.9. The summed E-state index contributed by atoms with van der Waals surface area (Å²) in [5, 5.41) is 0. The van der Waals surface area contributed by atoms with Gasteiger partial charge in [0.2, 0.25) is 0 Å². The number of hydrogen-bond donors (Lipinski definition) is 0. The van der Waals surface area contributed by atoms with Gasteiger partial charge in [0, 0.05) is 18.9 Å². The van der Waals surface area contributed by atoms with Gasteiger partial charge in [0.1, 0.15) is 6.10 Å². The van der Waals surface area contributed by atoms with Gasteiger partial charge in [0.25, 0.3) is 0 Å². The van der Waals surface area contributed by atoms with E-state index in [9.17, 15) is 4.79 Å². The molecule has 2 rings (SSSR count). The Morgan fingerprint density at radius 3 is 2.88 bits per heavy atom. The smallest absolute Gasteiger partial charge is 0.162 e. The Morgan fingerprint density at radius 2 is 2.12 bits per heavy atom. The van der Waals surface area contributed by atoms with E-state index in [-0.39, 0.29) is 11.9 Å². The van der Waals surface area contributed by atoms with Crippen LogP contribution < -0.4 is 0 Å². The van der Waals surface area contributed by atoms with E-state index in [1.54, 1.807) is 0 Å². The summed E-state index contributed by atoms with van der Waals surface area (Å²) >= 11 is 0. The predicted molar refractivity (Wildman–Crippen MR) is 64.4 cm³/mol. The van der Waals surface area contributed by atoms with Gasteiger partial charge < -0.3 is 9.47 Å². The van der Waals surface area contributed by atoms with Crippen LogP contribution in [0.25, 0.3) is 0 Å². The van der Waals surface area contributed by atoms with Crippen LogP contribution in [0.3, 0.4) is 0 Å². The van der Waals surface area contributed by atoms with Gasteiger partial charge in [-0.15, -0.1) is 0 Å². The van der Waals surface area contributed by atoms with Crippen molar-refractivity contribution in [2.75, 3.05) is 6.61 Å². The minimum atomic E-state index is -0.0247. The second-order valence-electron chi connectivity index (χ2n) is 4.06. The molecule has 3 heteroatoms. The van der Waals surface area contributed by atoms with Crippen LogP contribution in [0.4, 0.5) is 0 Å². The van der Waals surface area contributed by atoms with E-state index in [1.165, 1.54) is 12.3 Å². The number of allylic oxidation sites excluding steroid dienone is 1. The zero-order valence-electron chi connectivity index (χ0n) is 9.67. The van der Waals surface area contributed by atoms with Crippen LogP contribution in [-0.2, 0) is 20.9 Å². The molecule has 0 fully saturated rings. The molecule has 1 aromatic rings. The number of ketones is 1. The molecular weight excluding hydrogens is 216 g/mol. The Morgan fingerprint density at radius 1 is 1.29 bits per heavy atom. The second-order valence-corrected chi connectivity index (χ2v) is 4.06. The molecule has 0 radical (unpaired) electrons. The number of carbonyl (C=O) groups is 1. The summed E-state index contributed by atoms with van der Waals surface area (Å²) in [5.41, 5.74) is 1.16. The molecule has 0 N–H and O–H groups in total. The number of rotatable bonds is 5. The zero-order valence-corrected chi connectivity index (χ0v) is 9.67. The summed E-state index contributed by atoms with van der Waals surface area (Å²) in [7, 11) is 0. The molecular formula is C14H16O3. The van der Waals surface area contributed by atoms with Gasteiger partial charge in [0.15, 0.2) is 5.78 Å². The van der Waals surface area contributed by atoms with E-state index < -0.39 is 0 Å². The molecule has 0 saturated carbocycles. The van der Waals surface area contributed by atoms with E-state index in [4.69, 9.17) is 9.47 Å². The van der Waals surface area contributed by atoms with Gasteiger partial charge in [-0.25, -0.2) is 0 Å². The molecule has 1 aliphatic rings. The molecule has 17 heavy (non-hydrogen) atoms. The van der Waals surface area contributed by atoms with Gasteiger partial charge in [-0.2, -0.15) is 0 Å². The van der Waals surface area contributed by atoms with E-state index in [2.05, 4.69) is 0 Å². The van der Waals surface area contributed by atoms with Crippen molar-refractivity contribution in [3.05, 3.63) is 48.2 Å². The summed E-state index contributed by atoms with van der Waals surface area (Å²) in [5.74, 6) is 0.129. The lowest BCUT2D eigenvalue weighted by atomic mass is 10.1. The highest BCUT2D eigenvalue weighted by Crippen LogP contribution is 2.11. The molecule has 3 nitrogen and oxygen atoms in total. The van der Waals surface area contributed by atoms with Crippen molar-refractivity contribution in [1.82, 2.24) is 0 Å². The molecule has 1 aromatic carbocycles. The predicted octanol–water partition coefficient (Wildman–Crippen LogP) is 2.47. The molecule has 0 bridgehead atoms. The van der Waals surface area contributed by atoms with Crippen LogP contribution in [0, 0.1) is 0 Å². The highest BCUT2D eigenvalue weighted by molar-refractivity contribution is 5.90. The maximum Gasteiger partial charge on any atom is 0.162 e. The lowest BCUT2D eigenvalue weighted by molar-refractivity contribution is -0.118. The molecule has 1 unspecified atom stereocenters. The highest BCUT2D eigenvalue weighted by atomic mass is 16.5. The van der Waals surface area contributed by atoms with Crippen LogP contribution in [0.1, 0.15) is 18.4 Å². The molecule has 1 atom stereocenters. The van der Waals surface area contributed by atoms with Gasteiger partial charge in [0.05, 0.1) is 19.5 Å². The summed E-state index contributed by atoms with van der Waals surface area (Å²) in [6, 6.07) is 10.0. The monoisotopic (exact) mass is 232 g/mol. The van der Waals surface area contributed by atoms with Crippen molar-refractivity contribution < 1.29 is 14.3 Å². The van der Waals surface area contributed by atoms with Gasteiger partial charge in [-0.1, -0.05) is 30.3 Å². The first-order valence-corrected chi connectivity index (χ1v) is 5.81. The fourth-order valence-corrected chi connectivity index (χ4v) is 1.72. The zero-order chi connectivity index (χ0) is 11.9. The minimum absolute atomic E-state index is 0.0247. The van der Waals surface area contributed by atoms with Crippen molar-refractivity contribution in [3.8, 4) is 0 Å². The Hall–Kier alpha value is -1.61. The minimum Gasteiger partial charge on any atom is -0.497 e. The lowest BCUT2D eigenvalue weighted by Crippen LogP contribution is -2.20. The van der Waals surface area contributed by atoms with Crippen molar-refractivity contribution >= 4 is 5.78 Å². The van der Waals surface area contributed by atoms with Crippen LogP contribution in [-0.4, -0.2) is 18.5 Å². The third kappa shape index (κ3) is 4.04. The van der Waals surface area contributed by atoms with E-state index in [0.29, 0.717) is 19.6 Å². The number of hydrogen-bond acceptors (Lipinski definition) is 3. The topological polar surface area (TPSA) is 35.5 Å². The fraction of sp³-hybridized carbons (Fsp3) is 0.357. The molecule has 1 heterocycles. The normalized spacial score (nSPS) is 19.1. The molecule has 0 spiro atoms. The standard InChI is InChI=1S/C14H16O3/c15-13-6-9-17-14(10-13)7-8-16-11-12-4-2-1-3-5-12/h1-6,9,14H,7-8,10-11H2. The van der Waals surface area contributed by atoms with Gasteiger partial charge in [-0.05, 0) is 5.56 Å². The van der Waals surface area contributed by atoms with Gasteiger partial charge in [-0.3, -0.25) is 4.79 Å². The van der Waals surface area contributed by atoms with Crippen molar-refractivity contribution in [2.45, 2.75) is 25.6 Å². The molecule has 0 saturated heterocycles. The van der Waals surface area contributed by atoms with Gasteiger partial charge >= 0.3 is 0 Å². The SMILES string of the molecule is O=C1C=COC(CCOCc2ccccc2)C1. The lowest BCUT2D eigenvalue weighted by Gasteiger charge is -2.18. The maximum atomic E-state index is 11.1. The van der Waals surface area contributed by atoms with E-state index >= 15 is 0 Å². The van der Waals surface area contributed by atoms with Crippen molar-refractivity contribution in [1.29, 1.82) is 0 Å². The average molecular weight is 232 g/mol. The molecule has 0 amide bonds. The summed E-state index contributed by atoms with van der Waals surface area (Å²) in [6.07, 6.45) is 4.15. The summed E-state index contributed by atoms with van der Waals surface area (Å²) in [4.78, 5) is 11.1.